The van der Waals surface area contributed by atoms with Crippen molar-refractivity contribution in [1.82, 2.24) is 0 Å². The van der Waals surface area contributed by atoms with Crippen LogP contribution in [0.15, 0.2) is 47.4 Å². The van der Waals surface area contributed by atoms with Gasteiger partial charge in [-0.1, -0.05) is 35.9 Å². The highest BCUT2D eigenvalue weighted by Gasteiger charge is 2.12. The molecule has 0 bridgehead atoms. The van der Waals surface area contributed by atoms with Gasteiger partial charge in [0.1, 0.15) is 5.82 Å². The first-order chi connectivity index (χ1) is 9.08. The van der Waals surface area contributed by atoms with Gasteiger partial charge < -0.3 is 5.73 Å². The van der Waals surface area contributed by atoms with Crippen molar-refractivity contribution >= 4 is 11.8 Å². The zero-order valence-electron chi connectivity index (χ0n) is 11.2. The van der Waals surface area contributed by atoms with E-state index in [4.69, 9.17) is 5.73 Å². The first kappa shape index (κ1) is 14.1. The smallest absolute Gasteiger partial charge is 0.128 e. The molecule has 19 heavy (non-hydrogen) atoms. The van der Waals surface area contributed by atoms with Crippen molar-refractivity contribution in [2.45, 2.75) is 24.8 Å². The predicted octanol–water partition coefficient (Wildman–Crippen LogP) is 4.23. The van der Waals surface area contributed by atoms with Crippen LogP contribution in [0, 0.1) is 19.7 Å². The standard InChI is InChI=1S/C16H18FNS/c1-11-7-8-14(17)13(9-11)15(18)10-19-16-6-4-3-5-12(16)2/h3-9,15H,10,18H2,1-2H3. The maximum absolute atomic E-state index is 13.7. The van der Waals surface area contributed by atoms with Gasteiger partial charge in [-0.25, -0.2) is 4.39 Å². The lowest BCUT2D eigenvalue weighted by Gasteiger charge is -2.14. The van der Waals surface area contributed by atoms with Gasteiger partial charge in [-0.05, 0) is 31.5 Å². The Balaban J connectivity index is 2.07. The van der Waals surface area contributed by atoms with Gasteiger partial charge in [0, 0.05) is 22.3 Å². The molecule has 0 aliphatic rings. The fourth-order valence-corrected chi connectivity index (χ4v) is 2.94. The highest BCUT2D eigenvalue weighted by molar-refractivity contribution is 7.99. The second-order valence-electron chi connectivity index (χ2n) is 4.71. The molecule has 0 saturated carbocycles. The number of thioether (sulfide) groups is 1. The van der Waals surface area contributed by atoms with Gasteiger partial charge in [-0.2, -0.15) is 0 Å². The molecule has 1 unspecified atom stereocenters. The molecule has 2 aromatic rings. The van der Waals surface area contributed by atoms with Crippen LogP contribution in [0.2, 0.25) is 0 Å². The Morgan fingerprint density at radius 2 is 1.89 bits per heavy atom. The van der Waals surface area contributed by atoms with E-state index < -0.39 is 0 Å². The molecule has 2 rings (SSSR count). The molecule has 1 nitrogen and oxygen atoms in total. The molecule has 100 valence electrons. The van der Waals surface area contributed by atoms with Gasteiger partial charge in [0.25, 0.3) is 0 Å². The number of rotatable bonds is 4. The Morgan fingerprint density at radius 3 is 2.63 bits per heavy atom. The number of hydrogen-bond donors (Lipinski definition) is 1. The van der Waals surface area contributed by atoms with E-state index in [1.54, 1.807) is 17.8 Å². The Morgan fingerprint density at radius 1 is 1.16 bits per heavy atom. The lowest BCUT2D eigenvalue weighted by Crippen LogP contribution is -2.15. The Kier molecular flexibility index (Phi) is 4.61. The molecule has 0 radical (unpaired) electrons. The summed E-state index contributed by atoms with van der Waals surface area (Å²) in [5.41, 5.74) is 8.96. The maximum atomic E-state index is 13.7. The molecule has 2 N–H and O–H groups in total. The summed E-state index contributed by atoms with van der Waals surface area (Å²) < 4.78 is 13.7. The summed E-state index contributed by atoms with van der Waals surface area (Å²) in [5.74, 6) is 0.453. The molecular formula is C16H18FNS. The van der Waals surface area contributed by atoms with E-state index in [-0.39, 0.29) is 11.9 Å². The molecule has 0 saturated heterocycles. The van der Waals surface area contributed by atoms with Crippen LogP contribution in [0.25, 0.3) is 0 Å². The minimum Gasteiger partial charge on any atom is -0.323 e. The van der Waals surface area contributed by atoms with Crippen molar-refractivity contribution in [2.24, 2.45) is 5.73 Å². The van der Waals surface area contributed by atoms with Crippen LogP contribution in [-0.2, 0) is 0 Å². The van der Waals surface area contributed by atoms with Crippen LogP contribution in [0.1, 0.15) is 22.7 Å². The van der Waals surface area contributed by atoms with Crippen molar-refractivity contribution in [2.75, 3.05) is 5.75 Å². The number of halogens is 1. The molecule has 0 aliphatic heterocycles. The van der Waals surface area contributed by atoms with E-state index in [2.05, 4.69) is 19.1 Å². The fourth-order valence-electron chi connectivity index (χ4n) is 1.94. The molecule has 3 heteroatoms. The van der Waals surface area contributed by atoms with Gasteiger partial charge in [-0.3, -0.25) is 0 Å². The molecule has 0 spiro atoms. The summed E-state index contributed by atoms with van der Waals surface area (Å²) in [6.07, 6.45) is 0. The molecule has 1 atom stereocenters. The monoisotopic (exact) mass is 275 g/mol. The molecule has 0 amide bonds. The van der Waals surface area contributed by atoms with Crippen LogP contribution < -0.4 is 5.73 Å². The van der Waals surface area contributed by atoms with E-state index in [0.717, 1.165) is 5.56 Å². The summed E-state index contributed by atoms with van der Waals surface area (Å²) in [6.45, 7) is 4.02. The minimum atomic E-state index is -0.287. The van der Waals surface area contributed by atoms with Crippen LogP contribution >= 0.6 is 11.8 Å². The SMILES string of the molecule is Cc1ccc(F)c(C(N)CSc2ccccc2C)c1. The Labute approximate surface area is 118 Å². The second-order valence-corrected chi connectivity index (χ2v) is 5.77. The summed E-state index contributed by atoms with van der Waals surface area (Å²) in [6, 6.07) is 13.0. The second kappa shape index (κ2) is 6.22. The average Bonchev–Trinajstić information content (AvgIpc) is 2.40. The average molecular weight is 275 g/mol. The third-order valence-corrected chi connectivity index (χ3v) is 4.36. The summed E-state index contributed by atoms with van der Waals surface area (Å²) in [5, 5.41) is 0. The number of nitrogens with two attached hydrogens (primary N) is 1. The molecule has 0 aliphatic carbocycles. The Bertz CT molecular complexity index is 568. The fraction of sp³-hybridized carbons (Fsp3) is 0.250. The third kappa shape index (κ3) is 3.58. The van der Waals surface area contributed by atoms with Gasteiger partial charge >= 0.3 is 0 Å². The summed E-state index contributed by atoms with van der Waals surface area (Å²) in [4.78, 5) is 1.20. The van der Waals surface area contributed by atoms with Crippen molar-refractivity contribution in [3.8, 4) is 0 Å². The number of benzene rings is 2. The minimum absolute atomic E-state index is 0.219. The first-order valence-corrected chi connectivity index (χ1v) is 7.26. The van der Waals surface area contributed by atoms with E-state index in [1.165, 1.54) is 16.5 Å². The van der Waals surface area contributed by atoms with Gasteiger partial charge in [0.15, 0.2) is 0 Å². The van der Waals surface area contributed by atoms with E-state index in [9.17, 15) is 4.39 Å². The number of aryl methyl sites for hydroxylation is 2. The largest absolute Gasteiger partial charge is 0.323 e. The van der Waals surface area contributed by atoms with Crippen LogP contribution in [-0.4, -0.2) is 5.75 Å². The van der Waals surface area contributed by atoms with Gasteiger partial charge in [0.05, 0.1) is 0 Å². The molecule has 0 fully saturated rings. The lowest BCUT2D eigenvalue weighted by atomic mass is 10.1. The summed E-state index contributed by atoms with van der Waals surface area (Å²) in [7, 11) is 0. The van der Waals surface area contributed by atoms with E-state index >= 15 is 0 Å². The van der Waals surface area contributed by atoms with Crippen LogP contribution in [0.3, 0.4) is 0 Å². The van der Waals surface area contributed by atoms with E-state index in [0.29, 0.717) is 11.3 Å². The highest BCUT2D eigenvalue weighted by Crippen LogP contribution is 2.27. The molecular weight excluding hydrogens is 257 g/mol. The van der Waals surface area contributed by atoms with Crippen LogP contribution in [0.4, 0.5) is 4.39 Å². The van der Waals surface area contributed by atoms with Crippen molar-refractivity contribution < 1.29 is 4.39 Å². The quantitative estimate of drug-likeness (QED) is 0.845. The van der Waals surface area contributed by atoms with Gasteiger partial charge in [0.2, 0.25) is 0 Å². The predicted molar refractivity (Wildman–Crippen MR) is 80.0 cm³/mol. The van der Waals surface area contributed by atoms with Crippen molar-refractivity contribution in [3.63, 3.8) is 0 Å². The summed E-state index contributed by atoms with van der Waals surface area (Å²) >= 11 is 1.67. The third-order valence-electron chi connectivity index (χ3n) is 3.06. The topological polar surface area (TPSA) is 26.0 Å². The van der Waals surface area contributed by atoms with Crippen molar-refractivity contribution in [3.05, 3.63) is 65.0 Å². The molecule has 0 heterocycles. The first-order valence-electron chi connectivity index (χ1n) is 6.28. The number of hydrogen-bond acceptors (Lipinski definition) is 2. The van der Waals surface area contributed by atoms with Gasteiger partial charge in [-0.15, -0.1) is 11.8 Å². The molecule has 0 aromatic heterocycles. The van der Waals surface area contributed by atoms with E-state index in [1.807, 2.05) is 25.1 Å². The zero-order valence-corrected chi connectivity index (χ0v) is 12.0. The van der Waals surface area contributed by atoms with Crippen LogP contribution in [0.5, 0.6) is 0 Å². The molecule has 2 aromatic carbocycles. The Hall–Kier alpha value is -1.32. The normalized spacial score (nSPS) is 12.4. The maximum Gasteiger partial charge on any atom is 0.128 e. The zero-order chi connectivity index (χ0) is 13.8. The lowest BCUT2D eigenvalue weighted by molar-refractivity contribution is 0.594. The van der Waals surface area contributed by atoms with Crippen molar-refractivity contribution in [1.29, 1.82) is 0 Å². The highest BCUT2D eigenvalue weighted by atomic mass is 32.2.